The smallest absolute Gasteiger partial charge is 0.256 e. The van der Waals surface area contributed by atoms with E-state index in [0.29, 0.717) is 28.3 Å². The van der Waals surface area contributed by atoms with Gasteiger partial charge in [0.15, 0.2) is 0 Å². The van der Waals surface area contributed by atoms with Gasteiger partial charge in [-0.25, -0.2) is 4.98 Å². The molecule has 0 aliphatic rings. The van der Waals surface area contributed by atoms with E-state index in [1.54, 1.807) is 11.0 Å². The molecule has 15 heavy (non-hydrogen) atoms. The Kier molecular flexibility index (Phi) is 4.54. The standard InChI is InChI=1S/C10H12BrClN2O/c1-3-14(4-2)10(15)8-5-7(12)6-13-9(8)11/h5-6H,3-4H2,1-2H3. The highest BCUT2D eigenvalue weighted by molar-refractivity contribution is 9.10. The number of halogens is 2. The molecule has 1 amide bonds. The Bertz CT molecular complexity index is 366. The van der Waals surface area contributed by atoms with Gasteiger partial charge in [0.2, 0.25) is 0 Å². The number of carbonyl (C=O) groups is 1. The van der Waals surface area contributed by atoms with Crippen molar-refractivity contribution in [3.8, 4) is 0 Å². The summed E-state index contributed by atoms with van der Waals surface area (Å²) in [4.78, 5) is 17.7. The highest BCUT2D eigenvalue weighted by atomic mass is 79.9. The Morgan fingerprint density at radius 3 is 2.67 bits per heavy atom. The largest absolute Gasteiger partial charge is 0.339 e. The maximum Gasteiger partial charge on any atom is 0.256 e. The summed E-state index contributed by atoms with van der Waals surface area (Å²) >= 11 is 9.04. The van der Waals surface area contributed by atoms with Crippen molar-refractivity contribution in [3.63, 3.8) is 0 Å². The summed E-state index contributed by atoms with van der Waals surface area (Å²) in [5.41, 5.74) is 0.506. The Hall–Kier alpha value is -0.610. The fraction of sp³-hybridized carbons (Fsp3) is 0.400. The van der Waals surface area contributed by atoms with Crippen LogP contribution < -0.4 is 0 Å². The van der Waals surface area contributed by atoms with Gasteiger partial charge in [0.25, 0.3) is 5.91 Å². The Morgan fingerprint density at radius 2 is 2.13 bits per heavy atom. The molecule has 0 N–H and O–H groups in total. The van der Waals surface area contributed by atoms with E-state index in [-0.39, 0.29) is 5.91 Å². The van der Waals surface area contributed by atoms with Gasteiger partial charge in [0.1, 0.15) is 4.60 Å². The summed E-state index contributed by atoms with van der Waals surface area (Å²) in [5.74, 6) is -0.0538. The van der Waals surface area contributed by atoms with Crippen molar-refractivity contribution in [1.82, 2.24) is 9.88 Å². The molecule has 0 bridgehead atoms. The normalized spacial score (nSPS) is 10.1. The zero-order chi connectivity index (χ0) is 11.4. The Labute approximate surface area is 103 Å². The van der Waals surface area contributed by atoms with Gasteiger partial charge < -0.3 is 4.90 Å². The molecule has 0 saturated heterocycles. The van der Waals surface area contributed by atoms with Crippen LogP contribution in [0.15, 0.2) is 16.9 Å². The molecule has 82 valence electrons. The van der Waals surface area contributed by atoms with Crippen LogP contribution in [0.25, 0.3) is 0 Å². The minimum atomic E-state index is -0.0538. The SMILES string of the molecule is CCN(CC)C(=O)c1cc(Cl)cnc1Br. The second-order valence-electron chi connectivity index (χ2n) is 2.97. The monoisotopic (exact) mass is 290 g/mol. The molecule has 0 saturated carbocycles. The minimum Gasteiger partial charge on any atom is -0.339 e. The molecule has 0 aliphatic carbocycles. The van der Waals surface area contributed by atoms with Crippen LogP contribution in [0.2, 0.25) is 5.02 Å². The first-order valence-corrected chi connectivity index (χ1v) is 5.87. The van der Waals surface area contributed by atoms with Crippen molar-refractivity contribution < 1.29 is 4.79 Å². The number of amides is 1. The number of carbonyl (C=O) groups excluding carboxylic acids is 1. The minimum absolute atomic E-state index is 0.0538. The van der Waals surface area contributed by atoms with Crippen LogP contribution in [0.1, 0.15) is 24.2 Å². The lowest BCUT2D eigenvalue weighted by atomic mass is 10.2. The lowest BCUT2D eigenvalue weighted by molar-refractivity contribution is 0.0771. The summed E-state index contributed by atoms with van der Waals surface area (Å²) in [5, 5.41) is 0.466. The summed E-state index contributed by atoms with van der Waals surface area (Å²) in [7, 11) is 0. The van der Waals surface area contributed by atoms with Crippen LogP contribution in [0, 0.1) is 0 Å². The zero-order valence-electron chi connectivity index (χ0n) is 8.63. The van der Waals surface area contributed by atoms with Gasteiger partial charge in [-0.05, 0) is 35.8 Å². The third-order valence-corrected chi connectivity index (χ3v) is 2.93. The number of aromatic nitrogens is 1. The highest BCUT2D eigenvalue weighted by Crippen LogP contribution is 2.19. The van der Waals surface area contributed by atoms with E-state index < -0.39 is 0 Å². The fourth-order valence-corrected chi connectivity index (χ4v) is 1.80. The molecule has 3 nitrogen and oxygen atoms in total. The topological polar surface area (TPSA) is 33.2 Å². The molecule has 1 heterocycles. The van der Waals surface area contributed by atoms with Gasteiger partial charge in [-0.2, -0.15) is 0 Å². The second kappa shape index (κ2) is 5.47. The van der Waals surface area contributed by atoms with E-state index >= 15 is 0 Å². The molecule has 5 heteroatoms. The molecule has 0 aliphatic heterocycles. The first kappa shape index (κ1) is 12.5. The average molecular weight is 292 g/mol. The van der Waals surface area contributed by atoms with Crippen molar-refractivity contribution in [3.05, 3.63) is 27.5 Å². The molecule has 1 aromatic rings. The lowest BCUT2D eigenvalue weighted by Crippen LogP contribution is -2.30. The molecular weight excluding hydrogens is 279 g/mol. The van der Waals surface area contributed by atoms with Gasteiger partial charge in [-0.1, -0.05) is 11.6 Å². The molecule has 0 fully saturated rings. The van der Waals surface area contributed by atoms with Gasteiger partial charge in [0, 0.05) is 19.3 Å². The maximum absolute atomic E-state index is 12.0. The third-order valence-electron chi connectivity index (χ3n) is 2.09. The molecule has 0 radical (unpaired) electrons. The predicted molar refractivity (Wildman–Crippen MR) is 64.2 cm³/mol. The zero-order valence-corrected chi connectivity index (χ0v) is 11.0. The first-order chi connectivity index (χ1) is 7.10. The maximum atomic E-state index is 12.0. The highest BCUT2D eigenvalue weighted by Gasteiger charge is 2.16. The van der Waals surface area contributed by atoms with Crippen LogP contribution in [-0.4, -0.2) is 28.9 Å². The number of hydrogen-bond donors (Lipinski definition) is 0. The fourth-order valence-electron chi connectivity index (χ4n) is 1.25. The van der Waals surface area contributed by atoms with Gasteiger partial charge >= 0.3 is 0 Å². The Morgan fingerprint density at radius 1 is 1.53 bits per heavy atom. The molecular formula is C10H12BrClN2O. The number of rotatable bonds is 3. The van der Waals surface area contributed by atoms with E-state index in [1.807, 2.05) is 13.8 Å². The lowest BCUT2D eigenvalue weighted by Gasteiger charge is -2.18. The summed E-state index contributed by atoms with van der Waals surface area (Å²) < 4.78 is 0.531. The van der Waals surface area contributed by atoms with E-state index in [9.17, 15) is 4.79 Å². The van der Waals surface area contributed by atoms with E-state index in [0.717, 1.165) is 0 Å². The van der Waals surface area contributed by atoms with Gasteiger partial charge in [0.05, 0.1) is 10.6 Å². The van der Waals surface area contributed by atoms with Gasteiger partial charge in [-0.15, -0.1) is 0 Å². The summed E-state index contributed by atoms with van der Waals surface area (Å²) in [6.07, 6.45) is 1.50. The van der Waals surface area contributed by atoms with Crippen LogP contribution in [-0.2, 0) is 0 Å². The van der Waals surface area contributed by atoms with Crippen molar-refractivity contribution in [2.75, 3.05) is 13.1 Å². The van der Waals surface area contributed by atoms with Crippen LogP contribution in [0.4, 0.5) is 0 Å². The predicted octanol–water partition coefficient (Wildman–Crippen LogP) is 2.98. The van der Waals surface area contributed by atoms with Crippen molar-refractivity contribution in [2.24, 2.45) is 0 Å². The molecule has 0 spiro atoms. The van der Waals surface area contributed by atoms with Crippen LogP contribution in [0.3, 0.4) is 0 Å². The van der Waals surface area contributed by atoms with Gasteiger partial charge in [-0.3, -0.25) is 4.79 Å². The third kappa shape index (κ3) is 2.92. The van der Waals surface area contributed by atoms with E-state index in [1.165, 1.54) is 6.20 Å². The van der Waals surface area contributed by atoms with Crippen molar-refractivity contribution >= 4 is 33.4 Å². The molecule has 1 aromatic heterocycles. The van der Waals surface area contributed by atoms with Crippen LogP contribution in [0.5, 0.6) is 0 Å². The number of pyridine rings is 1. The molecule has 1 rings (SSSR count). The van der Waals surface area contributed by atoms with Crippen LogP contribution >= 0.6 is 27.5 Å². The van der Waals surface area contributed by atoms with E-state index in [2.05, 4.69) is 20.9 Å². The molecule has 0 unspecified atom stereocenters. The molecule has 0 atom stereocenters. The number of hydrogen-bond acceptors (Lipinski definition) is 2. The summed E-state index contributed by atoms with van der Waals surface area (Å²) in [6.45, 7) is 5.23. The average Bonchev–Trinajstić information content (AvgIpc) is 2.23. The molecule has 0 aromatic carbocycles. The summed E-state index contributed by atoms with van der Waals surface area (Å²) in [6, 6.07) is 1.62. The number of nitrogens with zero attached hydrogens (tertiary/aromatic N) is 2. The second-order valence-corrected chi connectivity index (χ2v) is 4.16. The van der Waals surface area contributed by atoms with Crippen molar-refractivity contribution in [1.29, 1.82) is 0 Å². The quantitative estimate of drug-likeness (QED) is 0.802. The van der Waals surface area contributed by atoms with Crippen molar-refractivity contribution in [2.45, 2.75) is 13.8 Å². The first-order valence-electron chi connectivity index (χ1n) is 4.70. The Balaban J connectivity index is 3.04. The van der Waals surface area contributed by atoms with E-state index in [4.69, 9.17) is 11.6 Å².